The van der Waals surface area contributed by atoms with Crippen molar-refractivity contribution >= 4 is 17.7 Å². The van der Waals surface area contributed by atoms with Gasteiger partial charge in [-0.15, -0.1) is 10.2 Å². The highest BCUT2D eigenvalue weighted by atomic mass is 32.2. The number of ether oxygens (including phenoxy) is 2. The predicted octanol–water partition coefficient (Wildman–Crippen LogP) is 2.55. The minimum Gasteiger partial charge on any atom is -0.497 e. The van der Waals surface area contributed by atoms with E-state index in [2.05, 4.69) is 29.4 Å². The fraction of sp³-hybridized carbons (Fsp3) is 0.500. The number of nitrogens with zero attached hydrogens (tertiary/aromatic N) is 3. The van der Waals surface area contributed by atoms with Crippen LogP contribution in [0.15, 0.2) is 23.4 Å². The molecule has 1 heterocycles. The van der Waals surface area contributed by atoms with E-state index < -0.39 is 0 Å². The molecule has 0 atom stereocenters. The summed E-state index contributed by atoms with van der Waals surface area (Å²) in [6.07, 6.45) is 0.610. The van der Waals surface area contributed by atoms with Crippen molar-refractivity contribution in [2.24, 2.45) is 13.0 Å². The van der Waals surface area contributed by atoms with Gasteiger partial charge >= 0.3 is 0 Å². The summed E-state index contributed by atoms with van der Waals surface area (Å²) in [7, 11) is 5.06. The molecule has 1 aromatic carbocycles. The highest BCUT2D eigenvalue weighted by Gasteiger charge is 2.12. The molecule has 1 aromatic heterocycles. The van der Waals surface area contributed by atoms with Crippen molar-refractivity contribution in [2.45, 2.75) is 25.4 Å². The summed E-state index contributed by atoms with van der Waals surface area (Å²) in [6, 6.07) is 5.09. The van der Waals surface area contributed by atoms with Crippen LogP contribution in [0.3, 0.4) is 0 Å². The lowest BCUT2D eigenvalue weighted by atomic mass is 10.2. The lowest BCUT2D eigenvalue weighted by molar-refractivity contribution is 0.0953. The summed E-state index contributed by atoms with van der Waals surface area (Å²) < 4.78 is 12.4. The van der Waals surface area contributed by atoms with Crippen molar-refractivity contribution < 1.29 is 14.3 Å². The number of nitrogens with one attached hydrogen (secondary N) is 1. The van der Waals surface area contributed by atoms with Gasteiger partial charge in [-0.2, -0.15) is 0 Å². The van der Waals surface area contributed by atoms with E-state index in [1.807, 2.05) is 11.6 Å². The molecular weight excluding hydrogens is 352 g/mol. The lowest BCUT2D eigenvalue weighted by Gasteiger charge is -2.09. The monoisotopic (exact) mass is 378 g/mol. The van der Waals surface area contributed by atoms with Crippen LogP contribution in [0.2, 0.25) is 0 Å². The third kappa shape index (κ3) is 5.39. The Morgan fingerprint density at radius 2 is 1.85 bits per heavy atom. The molecule has 8 heteroatoms. The van der Waals surface area contributed by atoms with Crippen molar-refractivity contribution in [3.63, 3.8) is 0 Å². The Bertz CT molecular complexity index is 724. The first-order valence-corrected chi connectivity index (χ1v) is 9.45. The van der Waals surface area contributed by atoms with Crippen LogP contribution in [-0.4, -0.2) is 47.2 Å². The van der Waals surface area contributed by atoms with Gasteiger partial charge in [-0.3, -0.25) is 4.79 Å². The molecule has 2 rings (SSSR count). The molecule has 0 fully saturated rings. The van der Waals surface area contributed by atoms with Crippen LogP contribution >= 0.6 is 11.8 Å². The zero-order valence-electron chi connectivity index (χ0n) is 15.9. The normalized spacial score (nSPS) is 10.8. The molecule has 0 aliphatic heterocycles. The van der Waals surface area contributed by atoms with Gasteiger partial charge in [0.25, 0.3) is 5.91 Å². The second kappa shape index (κ2) is 9.47. The molecule has 0 aliphatic rings. The maximum Gasteiger partial charge on any atom is 0.251 e. The van der Waals surface area contributed by atoms with Crippen molar-refractivity contribution in [2.75, 3.05) is 26.5 Å². The summed E-state index contributed by atoms with van der Waals surface area (Å²) >= 11 is 1.69. The van der Waals surface area contributed by atoms with E-state index in [1.54, 1.807) is 44.2 Å². The number of amides is 1. The minimum atomic E-state index is -0.182. The highest BCUT2D eigenvalue weighted by molar-refractivity contribution is 7.99. The van der Waals surface area contributed by atoms with Crippen LogP contribution in [0.25, 0.3) is 0 Å². The van der Waals surface area contributed by atoms with Gasteiger partial charge in [0.1, 0.15) is 17.3 Å². The van der Waals surface area contributed by atoms with Gasteiger partial charge in [-0.1, -0.05) is 25.6 Å². The molecule has 1 N–H and O–H groups in total. The number of carbonyl (C=O) groups is 1. The number of carbonyl (C=O) groups excluding carboxylic acids is 1. The Hall–Kier alpha value is -2.22. The number of hydrogen-bond donors (Lipinski definition) is 1. The summed E-state index contributed by atoms with van der Waals surface area (Å²) in [6.45, 7) is 4.82. The van der Waals surface area contributed by atoms with E-state index in [0.29, 0.717) is 35.9 Å². The number of thioether (sulfide) groups is 1. The lowest BCUT2D eigenvalue weighted by Crippen LogP contribution is -2.26. The van der Waals surface area contributed by atoms with E-state index in [4.69, 9.17) is 9.47 Å². The first kappa shape index (κ1) is 20.1. The summed E-state index contributed by atoms with van der Waals surface area (Å²) in [5, 5.41) is 12.2. The summed E-state index contributed by atoms with van der Waals surface area (Å²) in [4.78, 5) is 12.4. The first-order chi connectivity index (χ1) is 12.4. The molecule has 0 radical (unpaired) electrons. The van der Waals surface area contributed by atoms with Gasteiger partial charge in [0.05, 0.1) is 14.2 Å². The molecule has 0 saturated carbocycles. The van der Waals surface area contributed by atoms with Gasteiger partial charge in [0.15, 0.2) is 5.16 Å². The number of hydrogen-bond acceptors (Lipinski definition) is 6. The first-order valence-electron chi connectivity index (χ1n) is 8.47. The molecule has 2 aromatic rings. The molecule has 0 bridgehead atoms. The third-order valence-corrected chi connectivity index (χ3v) is 5.17. The molecule has 0 unspecified atom stereocenters. The third-order valence-electron chi connectivity index (χ3n) is 3.72. The maximum atomic E-state index is 12.4. The van der Waals surface area contributed by atoms with Crippen LogP contribution in [-0.2, 0) is 13.5 Å². The van der Waals surface area contributed by atoms with Crippen molar-refractivity contribution in [3.8, 4) is 11.5 Å². The predicted molar refractivity (Wildman–Crippen MR) is 102 cm³/mol. The van der Waals surface area contributed by atoms with E-state index in [1.165, 1.54) is 0 Å². The number of methoxy groups -OCH3 is 2. The molecule has 26 heavy (non-hydrogen) atoms. The fourth-order valence-corrected chi connectivity index (χ4v) is 3.14. The van der Waals surface area contributed by atoms with Crippen LogP contribution in [0.5, 0.6) is 11.5 Å². The largest absolute Gasteiger partial charge is 0.497 e. The molecular formula is C18H26N4O3S. The van der Waals surface area contributed by atoms with Gasteiger partial charge in [0, 0.05) is 37.4 Å². The quantitative estimate of drug-likeness (QED) is 0.676. The average Bonchev–Trinajstić information content (AvgIpc) is 2.99. The smallest absolute Gasteiger partial charge is 0.251 e. The Morgan fingerprint density at radius 3 is 2.42 bits per heavy atom. The average molecular weight is 378 g/mol. The van der Waals surface area contributed by atoms with Crippen LogP contribution in [0, 0.1) is 5.92 Å². The molecule has 0 aliphatic carbocycles. The minimum absolute atomic E-state index is 0.182. The van der Waals surface area contributed by atoms with Crippen LogP contribution in [0.4, 0.5) is 0 Å². The van der Waals surface area contributed by atoms with E-state index in [9.17, 15) is 4.79 Å². The van der Waals surface area contributed by atoms with Crippen molar-refractivity contribution in [1.82, 2.24) is 20.1 Å². The molecule has 1 amide bonds. The van der Waals surface area contributed by atoms with E-state index in [-0.39, 0.29) is 5.91 Å². The van der Waals surface area contributed by atoms with Gasteiger partial charge < -0.3 is 19.4 Å². The van der Waals surface area contributed by atoms with Crippen molar-refractivity contribution in [3.05, 3.63) is 29.6 Å². The SMILES string of the molecule is COc1cc(OC)cc(C(=O)NCCc2nnc(SCC(C)C)n2C)c1. The molecule has 0 saturated heterocycles. The molecule has 7 nitrogen and oxygen atoms in total. The van der Waals surface area contributed by atoms with Crippen LogP contribution < -0.4 is 14.8 Å². The van der Waals surface area contributed by atoms with Gasteiger partial charge in [0.2, 0.25) is 0 Å². The standard InChI is InChI=1S/C18H26N4O3S/c1-12(2)11-26-18-21-20-16(22(18)3)6-7-19-17(23)13-8-14(24-4)10-15(9-13)25-5/h8-10,12H,6-7,11H2,1-5H3,(H,19,23). The Kier molecular flexibility index (Phi) is 7.32. The summed E-state index contributed by atoms with van der Waals surface area (Å²) in [5.74, 6) is 3.42. The van der Waals surface area contributed by atoms with Gasteiger partial charge in [-0.25, -0.2) is 0 Å². The van der Waals surface area contributed by atoms with Crippen LogP contribution in [0.1, 0.15) is 30.0 Å². The second-order valence-corrected chi connectivity index (χ2v) is 7.26. The molecule has 0 spiro atoms. The number of benzene rings is 1. The van der Waals surface area contributed by atoms with E-state index in [0.717, 1.165) is 16.7 Å². The van der Waals surface area contributed by atoms with E-state index >= 15 is 0 Å². The number of rotatable bonds is 9. The van der Waals surface area contributed by atoms with Gasteiger partial charge in [-0.05, 0) is 18.1 Å². The zero-order valence-corrected chi connectivity index (χ0v) is 16.7. The Morgan fingerprint density at radius 1 is 1.19 bits per heavy atom. The summed E-state index contributed by atoms with van der Waals surface area (Å²) in [5.41, 5.74) is 0.493. The second-order valence-electron chi connectivity index (χ2n) is 6.27. The van der Waals surface area contributed by atoms with Crippen molar-refractivity contribution in [1.29, 1.82) is 0 Å². The number of aromatic nitrogens is 3. The highest BCUT2D eigenvalue weighted by Crippen LogP contribution is 2.22. The zero-order chi connectivity index (χ0) is 19.1. The maximum absolute atomic E-state index is 12.4. The fourth-order valence-electron chi connectivity index (χ4n) is 2.26. The molecule has 142 valence electrons. The topological polar surface area (TPSA) is 78.3 Å². The Labute approximate surface area is 158 Å². The Balaban J connectivity index is 1.92.